The van der Waals surface area contributed by atoms with Gasteiger partial charge in [0.1, 0.15) is 5.82 Å². The van der Waals surface area contributed by atoms with Crippen LogP contribution in [0.15, 0.2) is 12.1 Å². The van der Waals surface area contributed by atoms with Crippen LogP contribution in [0.5, 0.6) is 0 Å². The average Bonchev–Trinajstić information content (AvgIpc) is 2.03. The number of pyridine rings is 1. The maximum Gasteiger partial charge on any atom is 0.256 e. The van der Waals surface area contributed by atoms with Crippen molar-refractivity contribution in [1.29, 1.82) is 0 Å². The lowest BCUT2D eigenvalue weighted by Gasteiger charge is -2.01. The molecular formula is C8H9ClN2O. The van der Waals surface area contributed by atoms with E-state index in [4.69, 9.17) is 17.3 Å². The molecule has 0 atom stereocenters. The molecule has 1 aromatic heterocycles. The summed E-state index contributed by atoms with van der Waals surface area (Å²) in [5, 5.41) is -0.567. The van der Waals surface area contributed by atoms with Crippen LogP contribution in [-0.4, -0.2) is 10.2 Å². The summed E-state index contributed by atoms with van der Waals surface area (Å²) >= 11 is 5.25. The normalized spacial score (nSPS) is 9.83. The third-order valence-corrected chi connectivity index (χ3v) is 1.76. The predicted octanol–water partition coefficient (Wildman–Crippen LogP) is 1.61. The molecule has 3 nitrogen and oxygen atoms in total. The number of nitrogens with zero attached hydrogens (tertiary/aromatic N) is 1. The SMILES string of the molecule is CCc1ccc(C(=O)Cl)c(N)n1. The highest BCUT2D eigenvalue weighted by Gasteiger charge is 2.07. The molecule has 0 aliphatic carbocycles. The molecule has 0 aromatic carbocycles. The van der Waals surface area contributed by atoms with Gasteiger partial charge in [-0.2, -0.15) is 0 Å². The molecule has 4 heteroatoms. The van der Waals surface area contributed by atoms with Gasteiger partial charge in [0.15, 0.2) is 0 Å². The summed E-state index contributed by atoms with van der Waals surface area (Å²) in [5.41, 5.74) is 6.61. The Labute approximate surface area is 75.6 Å². The molecule has 0 aliphatic heterocycles. The largest absolute Gasteiger partial charge is 0.383 e. The molecule has 1 rings (SSSR count). The minimum atomic E-state index is -0.567. The van der Waals surface area contributed by atoms with Crippen molar-refractivity contribution in [3.05, 3.63) is 23.4 Å². The zero-order chi connectivity index (χ0) is 9.14. The number of rotatable bonds is 2. The van der Waals surface area contributed by atoms with Gasteiger partial charge in [0.2, 0.25) is 0 Å². The molecule has 0 spiro atoms. The first-order valence-electron chi connectivity index (χ1n) is 3.60. The number of aryl methyl sites for hydroxylation is 1. The molecule has 0 fully saturated rings. The summed E-state index contributed by atoms with van der Waals surface area (Å²) in [6.45, 7) is 1.96. The summed E-state index contributed by atoms with van der Waals surface area (Å²) in [6, 6.07) is 3.34. The highest BCUT2D eigenvalue weighted by atomic mass is 35.5. The van der Waals surface area contributed by atoms with Crippen molar-refractivity contribution in [2.24, 2.45) is 0 Å². The van der Waals surface area contributed by atoms with Crippen molar-refractivity contribution in [2.45, 2.75) is 13.3 Å². The molecule has 0 radical (unpaired) electrons. The summed E-state index contributed by atoms with van der Waals surface area (Å²) in [5.74, 6) is 0.203. The third kappa shape index (κ3) is 1.74. The van der Waals surface area contributed by atoms with E-state index in [0.29, 0.717) is 0 Å². The molecule has 1 heterocycles. The molecule has 64 valence electrons. The van der Waals surface area contributed by atoms with Crippen LogP contribution < -0.4 is 5.73 Å². The standard InChI is InChI=1S/C8H9ClN2O/c1-2-5-3-4-6(7(9)12)8(10)11-5/h3-4H,2H2,1H3,(H2,10,11). The van der Waals surface area contributed by atoms with Crippen molar-refractivity contribution in [2.75, 3.05) is 5.73 Å². The highest BCUT2D eigenvalue weighted by molar-refractivity contribution is 6.68. The number of hydrogen-bond acceptors (Lipinski definition) is 3. The Morgan fingerprint density at radius 2 is 2.33 bits per heavy atom. The molecular weight excluding hydrogens is 176 g/mol. The fourth-order valence-corrected chi connectivity index (χ4v) is 1.04. The van der Waals surface area contributed by atoms with Gasteiger partial charge in [-0.3, -0.25) is 4.79 Å². The molecule has 0 saturated carbocycles. The van der Waals surface area contributed by atoms with Gasteiger partial charge in [-0.15, -0.1) is 0 Å². The van der Waals surface area contributed by atoms with E-state index < -0.39 is 5.24 Å². The van der Waals surface area contributed by atoms with Crippen molar-refractivity contribution in [3.8, 4) is 0 Å². The van der Waals surface area contributed by atoms with Crippen LogP contribution in [-0.2, 0) is 6.42 Å². The second-order valence-corrected chi connectivity index (χ2v) is 2.71. The van der Waals surface area contributed by atoms with Gasteiger partial charge < -0.3 is 5.73 Å². The number of carbonyl (C=O) groups is 1. The number of aromatic nitrogens is 1. The molecule has 1 aromatic rings. The van der Waals surface area contributed by atoms with Gasteiger partial charge in [0.05, 0.1) is 5.56 Å². The van der Waals surface area contributed by atoms with Crippen LogP contribution in [0, 0.1) is 0 Å². The van der Waals surface area contributed by atoms with Gasteiger partial charge >= 0.3 is 0 Å². The average molecular weight is 185 g/mol. The fraction of sp³-hybridized carbons (Fsp3) is 0.250. The van der Waals surface area contributed by atoms with Crippen molar-refractivity contribution in [1.82, 2.24) is 4.98 Å². The molecule has 0 saturated heterocycles. The fourth-order valence-electron chi connectivity index (χ4n) is 0.880. The lowest BCUT2D eigenvalue weighted by molar-refractivity contribution is 0.108. The maximum absolute atomic E-state index is 10.7. The first kappa shape index (κ1) is 9.00. The summed E-state index contributed by atoms with van der Waals surface area (Å²) in [4.78, 5) is 14.7. The van der Waals surface area contributed by atoms with E-state index in [2.05, 4.69) is 4.98 Å². The van der Waals surface area contributed by atoms with E-state index in [-0.39, 0.29) is 11.4 Å². The predicted molar refractivity (Wildman–Crippen MR) is 48.2 cm³/mol. The van der Waals surface area contributed by atoms with Crippen molar-refractivity contribution >= 4 is 22.7 Å². The Bertz CT molecular complexity index is 312. The number of hydrogen-bond donors (Lipinski definition) is 1. The van der Waals surface area contributed by atoms with E-state index in [1.807, 2.05) is 6.92 Å². The van der Waals surface area contributed by atoms with E-state index in [0.717, 1.165) is 12.1 Å². The number of carbonyl (C=O) groups excluding carboxylic acids is 1. The molecule has 0 aliphatic rings. The number of nitrogens with two attached hydrogens (primary N) is 1. The smallest absolute Gasteiger partial charge is 0.256 e. The van der Waals surface area contributed by atoms with Gasteiger partial charge in [-0.25, -0.2) is 4.98 Å². The van der Waals surface area contributed by atoms with E-state index >= 15 is 0 Å². The Kier molecular flexibility index (Phi) is 2.65. The summed E-state index contributed by atoms with van der Waals surface area (Å²) in [7, 11) is 0. The van der Waals surface area contributed by atoms with Gasteiger partial charge in [0, 0.05) is 5.69 Å². The minimum absolute atomic E-state index is 0.203. The summed E-state index contributed by atoms with van der Waals surface area (Å²) < 4.78 is 0. The third-order valence-electron chi connectivity index (χ3n) is 1.56. The van der Waals surface area contributed by atoms with Crippen molar-refractivity contribution in [3.63, 3.8) is 0 Å². The van der Waals surface area contributed by atoms with Crippen LogP contribution in [0.2, 0.25) is 0 Å². The van der Waals surface area contributed by atoms with E-state index in [1.54, 1.807) is 12.1 Å². The Morgan fingerprint density at radius 3 is 2.75 bits per heavy atom. The van der Waals surface area contributed by atoms with Crippen LogP contribution in [0.4, 0.5) is 5.82 Å². The number of nitrogen functional groups attached to an aromatic ring is 1. The second-order valence-electron chi connectivity index (χ2n) is 2.36. The van der Waals surface area contributed by atoms with Crippen molar-refractivity contribution < 1.29 is 4.79 Å². The minimum Gasteiger partial charge on any atom is -0.383 e. The zero-order valence-electron chi connectivity index (χ0n) is 6.67. The van der Waals surface area contributed by atoms with Gasteiger partial charge in [0.25, 0.3) is 5.24 Å². The van der Waals surface area contributed by atoms with Crippen LogP contribution in [0.3, 0.4) is 0 Å². The molecule has 12 heavy (non-hydrogen) atoms. The monoisotopic (exact) mass is 184 g/mol. The van der Waals surface area contributed by atoms with Crippen LogP contribution in [0.1, 0.15) is 23.0 Å². The van der Waals surface area contributed by atoms with E-state index in [1.165, 1.54) is 0 Å². The Balaban J connectivity index is 3.12. The molecule has 0 unspecified atom stereocenters. The van der Waals surface area contributed by atoms with Gasteiger partial charge in [-0.05, 0) is 30.2 Å². The van der Waals surface area contributed by atoms with E-state index in [9.17, 15) is 4.79 Å². The second kappa shape index (κ2) is 3.54. The lowest BCUT2D eigenvalue weighted by atomic mass is 10.2. The first-order valence-corrected chi connectivity index (χ1v) is 3.98. The maximum atomic E-state index is 10.7. The highest BCUT2D eigenvalue weighted by Crippen LogP contribution is 2.12. The lowest BCUT2D eigenvalue weighted by Crippen LogP contribution is -2.02. The zero-order valence-corrected chi connectivity index (χ0v) is 7.43. The quantitative estimate of drug-likeness (QED) is 0.711. The Hall–Kier alpha value is -1.09. The summed E-state index contributed by atoms with van der Waals surface area (Å²) in [6.07, 6.45) is 0.793. The topological polar surface area (TPSA) is 56.0 Å². The molecule has 0 bridgehead atoms. The number of anilines is 1. The molecule has 2 N–H and O–H groups in total. The van der Waals surface area contributed by atoms with Crippen LogP contribution in [0.25, 0.3) is 0 Å². The Morgan fingerprint density at radius 1 is 1.67 bits per heavy atom. The molecule has 0 amide bonds. The first-order chi connectivity index (χ1) is 5.65. The number of halogens is 1. The van der Waals surface area contributed by atoms with Crippen LogP contribution >= 0.6 is 11.6 Å². The van der Waals surface area contributed by atoms with Gasteiger partial charge in [-0.1, -0.05) is 6.92 Å².